The van der Waals surface area contributed by atoms with Crippen LogP contribution in [0.5, 0.6) is 5.75 Å². The van der Waals surface area contributed by atoms with Crippen LogP contribution in [0, 0.1) is 6.92 Å². The molecule has 0 aromatic heterocycles. The number of ether oxygens (including phenoxy) is 2. The largest absolute Gasteiger partial charge is 0.494 e. The van der Waals surface area contributed by atoms with E-state index in [1.165, 1.54) is 11.8 Å². The van der Waals surface area contributed by atoms with E-state index in [4.69, 9.17) is 9.47 Å². The molecular formula is C27H39NO6S. The monoisotopic (exact) mass is 505 g/mol. The molecule has 0 amide bonds. The lowest BCUT2D eigenvalue weighted by molar-refractivity contribution is -0.200. The van der Waals surface area contributed by atoms with Crippen LogP contribution < -0.4 is 10.1 Å². The van der Waals surface area contributed by atoms with Gasteiger partial charge in [0.1, 0.15) is 35.6 Å². The zero-order valence-electron chi connectivity index (χ0n) is 21.0. The third-order valence-electron chi connectivity index (χ3n) is 6.41. The summed E-state index contributed by atoms with van der Waals surface area (Å²) in [4.78, 5) is 0. The van der Waals surface area contributed by atoms with Crippen LogP contribution >= 0.6 is 11.8 Å². The lowest BCUT2D eigenvalue weighted by atomic mass is 9.91. The molecule has 7 nitrogen and oxygen atoms in total. The topological polar surface area (TPSA) is 111 Å². The number of aliphatic hydroxyl groups is 4. The van der Waals surface area contributed by atoms with Crippen molar-refractivity contribution in [3.63, 3.8) is 0 Å². The van der Waals surface area contributed by atoms with Crippen molar-refractivity contribution in [2.45, 2.75) is 69.0 Å². The van der Waals surface area contributed by atoms with Gasteiger partial charge in [-0.05, 0) is 80.8 Å². The summed E-state index contributed by atoms with van der Waals surface area (Å²) < 4.78 is 11.8. The van der Waals surface area contributed by atoms with E-state index in [2.05, 4.69) is 5.32 Å². The second-order valence-corrected chi connectivity index (χ2v) is 10.7. The van der Waals surface area contributed by atoms with Crippen LogP contribution in [0.15, 0.2) is 42.5 Å². The van der Waals surface area contributed by atoms with Gasteiger partial charge in [0, 0.05) is 5.54 Å². The van der Waals surface area contributed by atoms with Crippen LogP contribution in [0.2, 0.25) is 0 Å². The average Bonchev–Trinajstić information content (AvgIpc) is 2.85. The zero-order chi connectivity index (χ0) is 25.6. The molecule has 1 aliphatic rings. The summed E-state index contributed by atoms with van der Waals surface area (Å²) in [6.07, 6.45) is -0.956. The number of nitrogens with one attached hydrogen (secondary N) is 1. The van der Waals surface area contributed by atoms with E-state index in [1.807, 2.05) is 63.2 Å². The average molecular weight is 506 g/mol. The van der Waals surface area contributed by atoms with Gasteiger partial charge in [0.15, 0.2) is 0 Å². The van der Waals surface area contributed by atoms with Crippen LogP contribution in [-0.2, 0) is 11.2 Å². The molecule has 1 heterocycles. The fourth-order valence-corrected chi connectivity index (χ4v) is 4.72. The highest BCUT2D eigenvalue weighted by molar-refractivity contribution is 7.99. The van der Waals surface area contributed by atoms with Gasteiger partial charge in [0.2, 0.25) is 0 Å². The Morgan fingerprint density at radius 3 is 2.40 bits per heavy atom. The molecule has 1 unspecified atom stereocenters. The molecule has 5 N–H and O–H groups in total. The van der Waals surface area contributed by atoms with Crippen molar-refractivity contribution in [3.05, 3.63) is 64.7 Å². The van der Waals surface area contributed by atoms with Crippen molar-refractivity contribution in [3.8, 4) is 5.75 Å². The molecule has 5 atom stereocenters. The maximum atomic E-state index is 10.5. The maximum absolute atomic E-state index is 10.5. The Morgan fingerprint density at radius 2 is 1.74 bits per heavy atom. The van der Waals surface area contributed by atoms with Crippen molar-refractivity contribution >= 4 is 11.8 Å². The van der Waals surface area contributed by atoms with Crippen molar-refractivity contribution in [1.82, 2.24) is 5.32 Å². The first kappa shape index (κ1) is 27.9. The van der Waals surface area contributed by atoms with Gasteiger partial charge in [-0.3, -0.25) is 0 Å². The minimum absolute atomic E-state index is 0.0926. The highest BCUT2D eigenvalue weighted by Gasteiger charge is 2.44. The predicted molar refractivity (Wildman–Crippen MR) is 139 cm³/mol. The highest BCUT2D eigenvalue weighted by atomic mass is 32.2. The fraction of sp³-hybridized carbons (Fsp3) is 0.556. The predicted octanol–water partition coefficient (Wildman–Crippen LogP) is 2.56. The number of benzene rings is 2. The Bertz CT molecular complexity index is 936. The van der Waals surface area contributed by atoms with Crippen molar-refractivity contribution < 1.29 is 29.9 Å². The highest BCUT2D eigenvalue weighted by Crippen LogP contribution is 2.36. The summed E-state index contributed by atoms with van der Waals surface area (Å²) in [7, 11) is 0. The van der Waals surface area contributed by atoms with Crippen LogP contribution in [-0.4, -0.2) is 75.7 Å². The van der Waals surface area contributed by atoms with Crippen molar-refractivity contribution in [1.29, 1.82) is 0 Å². The molecule has 2 aromatic rings. The third-order valence-corrected chi connectivity index (χ3v) is 7.26. The van der Waals surface area contributed by atoms with Gasteiger partial charge in [0.05, 0.1) is 13.2 Å². The van der Waals surface area contributed by atoms with E-state index in [9.17, 15) is 20.4 Å². The van der Waals surface area contributed by atoms with Gasteiger partial charge >= 0.3 is 0 Å². The molecule has 0 bridgehead atoms. The number of hydrogen-bond acceptors (Lipinski definition) is 8. The minimum Gasteiger partial charge on any atom is -0.494 e. The van der Waals surface area contributed by atoms with Gasteiger partial charge in [-0.25, -0.2) is 0 Å². The Labute approximate surface area is 212 Å². The van der Waals surface area contributed by atoms with Crippen LogP contribution in [0.4, 0.5) is 0 Å². The Balaban J connectivity index is 1.60. The first-order valence-corrected chi connectivity index (χ1v) is 13.3. The van der Waals surface area contributed by atoms with Crippen LogP contribution in [0.1, 0.15) is 48.6 Å². The molecule has 0 spiro atoms. The molecule has 0 radical (unpaired) electrons. The number of hydrogen-bond donors (Lipinski definition) is 5. The van der Waals surface area contributed by atoms with E-state index in [0.29, 0.717) is 13.0 Å². The molecule has 1 saturated heterocycles. The molecule has 0 aliphatic carbocycles. The summed E-state index contributed by atoms with van der Waals surface area (Å²) >= 11 is 1.31. The summed E-state index contributed by atoms with van der Waals surface area (Å²) in [6, 6.07) is 13.9. The SMILES string of the molecule is CS[C@H]1O[C@@H](c2ccc(C)c(Cc3ccc(OCCCNC(C)(C)CO)cc3)c2)[C@H](O)[C@H](O)C1O. The van der Waals surface area contributed by atoms with Crippen LogP contribution in [0.3, 0.4) is 0 Å². The Kier molecular flexibility index (Phi) is 10.0. The van der Waals surface area contributed by atoms with Gasteiger partial charge in [-0.1, -0.05) is 30.3 Å². The molecule has 0 saturated carbocycles. The summed E-state index contributed by atoms with van der Waals surface area (Å²) in [5.41, 5.74) is 3.25. The Morgan fingerprint density at radius 1 is 1.03 bits per heavy atom. The molecule has 3 rings (SSSR count). The summed E-state index contributed by atoms with van der Waals surface area (Å²) in [5.74, 6) is 0.815. The Hall–Kier alpha value is -1.65. The van der Waals surface area contributed by atoms with Gasteiger partial charge in [-0.2, -0.15) is 0 Å². The third kappa shape index (κ3) is 7.43. The molecule has 194 valence electrons. The van der Waals surface area contributed by atoms with Gasteiger partial charge in [-0.15, -0.1) is 11.8 Å². The first-order valence-electron chi connectivity index (χ1n) is 12.0. The molecular weight excluding hydrogens is 466 g/mol. The molecule has 8 heteroatoms. The van der Waals surface area contributed by atoms with Gasteiger partial charge < -0.3 is 35.2 Å². The van der Waals surface area contributed by atoms with Crippen molar-refractivity contribution in [2.24, 2.45) is 0 Å². The van der Waals surface area contributed by atoms with Gasteiger partial charge in [0.25, 0.3) is 0 Å². The molecule has 1 fully saturated rings. The van der Waals surface area contributed by atoms with E-state index in [1.54, 1.807) is 6.26 Å². The van der Waals surface area contributed by atoms with E-state index in [-0.39, 0.29) is 12.1 Å². The lowest BCUT2D eigenvalue weighted by Crippen LogP contribution is -2.52. The first-order chi connectivity index (χ1) is 16.6. The quantitative estimate of drug-likeness (QED) is 0.296. The zero-order valence-corrected chi connectivity index (χ0v) is 21.8. The standard InChI is InChI=1S/C27H39NO6S/c1-17-6-9-19(25-23(31)22(30)24(32)26(34-25)35-4)15-20(17)14-18-7-10-21(11-8-18)33-13-5-12-28-27(2,3)16-29/h6-11,15,22-26,28-32H,5,12-14,16H2,1-4H3/t22-,23+,24?,25-,26+/m0/s1. The van der Waals surface area contributed by atoms with E-state index >= 15 is 0 Å². The molecule has 35 heavy (non-hydrogen) atoms. The van der Waals surface area contributed by atoms with Crippen LogP contribution in [0.25, 0.3) is 0 Å². The molecule has 1 aliphatic heterocycles. The fourth-order valence-electron chi connectivity index (χ4n) is 4.05. The van der Waals surface area contributed by atoms with Crippen molar-refractivity contribution in [2.75, 3.05) is 26.0 Å². The summed E-state index contributed by atoms with van der Waals surface area (Å²) in [6.45, 7) is 7.43. The maximum Gasteiger partial charge on any atom is 0.132 e. The smallest absolute Gasteiger partial charge is 0.132 e. The number of thioether (sulfide) groups is 1. The van der Waals surface area contributed by atoms with E-state index in [0.717, 1.165) is 41.0 Å². The number of aryl methyl sites for hydroxylation is 1. The normalized spacial score (nSPS) is 25.0. The minimum atomic E-state index is -1.26. The summed E-state index contributed by atoms with van der Waals surface area (Å²) in [5, 5.41) is 43.5. The molecule has 2 aromatic carbocycles. The number of aliphatic hydroxyl groups excluding tert-OH is 4. The second kappa shape index (κ2) is 12.5. The number of rotatable bonds is 11. The van der Waals surface area contributed by atoms with E-state index < -0.39 is 29.9 Å². The lowest BCUT2D eigenvalue weighted by Gasteiger charge is -2.40. The second-order valence-electron chi connectivity index (χ2n) is 9.81.